The molecular formula is C6H14FNS. The summed E-state index contributed by atoms with van der Waals surface area (Å²) in [6.45, 7) is 1.65. The fourth-order valence-electron chi connectivity index (χ4n) is 1.06. The van der Waals surface area contributed by atoms with Gasteiger partial charge in [0.05, 0.1) is 0 Å². The minimum atomic E-state index is -0.546. The third kappa shape index (κ3) is 1.83. The summed E-state index contributed by atoms with van der Waals surface area (Å²) < 4.78 is 14.7. The minimum Gasteiger partial charge on any atom is -0.268 e. The van der Waals surface area contributed by atoms with E-state index in [1.807, 2.05) is 0 Å². The van der Waals surface area contributed by atoms with E-state index in [0.717, 1.165) is 13.0 Å². The number of nitrogens with zero attached hydrogens (tertiary/aromatic N) is 1. The predicted octanol–water partition coefficient (Wildman–Crippen LogP) is 1.21. The molecule has 0 spiro atoms. The molecule has 0 aromatic carbocycles. The fraction of sp³-hybridized carbons (Fsp3) is 1.00. The lowest BCUT2D eigenvalue weighted by molar-refractivity contribution is 0.349. The third-order valence-electron chi connectivity index (χ3n) is 1.67. The van der Waals surface area contributed by atoms with E-state index in [2.05, 4.69) is 16.8 Å². The Morgan fingerprint density at radius 3 is 2.44 bits per heavy atom. The van der Waals surface area contributed by atoms with Crippen LogP contribution in [0.4, 0.5) is 4.39 Å². The largest absolute Gasteiger partial charge is 0.268 e. The lowest BCUT2D eigenvalue weighted by Gasteiger charge is -2.22. The lowest BCUT2D eigenvalue weighted by Crippen LogP contribution is -2.15. The summed E-state index contributed by atoms with van der Waals surface area (Å²) in [6.07, 6.45) is 4.55. The minimum absolute atomic E-state index is 0.0349. The highest BCUT2D eigenvalue weighted by atomic mass is 32.2. The van der Waals surface area contributed by atoms with Gasteiger partial charge in [-0.15, -0.1) is 0 Å². The number of hydrogen-bond acceptors (Lipinski definition) is 1. The van der Waals surface area contributed by atoms with Crippen molar-refractivity contribution in [2.45, 2.75) is 12.6 Å². The summed E-state index contributed by atoms with van der Waals surface area (Å²) in [4.78, 5) is 0. The molecule has 9 heavy (non-hydrogen) atoms. The highest BCUT2D eigenvalue weighted by molar-refractivity contribution is 8.13. The molecule has 1 fully saturated rings. The van der Waals surface area contributed by atoms with Crippen LogP contribution < -0.4 is 0 Å². The van der Waals surface area contributed by atoms with Gasteiger partial charge in [0.1, 0.15) is 6.17 Å². The van der Waals surface area contributed by atoms with E-state index in [1.165, 1.54) is 0 Å². The fourth-order valence-corrected chi connectivity index (χ4v) is 2.08. The van der Waals surface area contributed by atoms with Gasteiger partial charge in [-0.3, -0.25) is 4.31 Å². The Kier molecular flexibility index (Phi) is 2.35. The Labute approximate surface area is 58.7 Å². The first-order valence-electron chi connectivity index (χ1n) is 3.26. The Balaban J connectivity index is 2.30. The number of hydrogen-bond donors (Lipinski definition) is 1. The van der Waals surface area contributed by atoms with Gasteiger partial charge < -0.3 is 0 Å². The van der Waals surface area contributed by atoms with Gasteiger partial charge in [-0.2, -0.15) is 0 Å². The molecule has 1 aliphatic heterocycles. The molecule has 1 nitrogen and oxygen atoms in total. The second-order valence-corrected chi connectivity index (χ2v) is 4.91. The zero-order valence-electron chi connectivity index (χ0n) is 5.97. The molecule has 0 bridgehead atoms. The number of halogens is 1. The molecule has 1 atom stereocenters. The first-order valence-corrected chi connectivity index (χ1v) is 5.45. The van der Waals surface area contributed by atoms with Crippen LogP contribution in [0.3, 0.4) is 0 Å². The van der Waals surface area contributed by atoms with Crippen molar-refractivity contribution >= 4 is 11.1 Å². The highest BCUT2D eigenvalue weighted by Gasteiger charge is 2.21. The van der Waals surface area contributed by atoms with Crippen LogP contribution in [0.2, 0.25) is 0 Å². The van der Waals surface area contributed by atoms with Gasteiger partial charge in [-0.1, -0.05) is 0 Å². The maximum Gasteiger partial charge on any atom is 0.115 e. The first-order chi connectivity index (χ1) is 4.20. The van der Waals surface area contributed by atoms with Crippen LogP contribution in [-0.4, -0.2) is 36.1 Å². The van der Waals surface area contributed by atoms with E-state index in [0.29, 0.717) is 6.54 Å². The third-order valence-corrected chi connectivity index (χ3v) is 3.17. The van der Waals surface area contributed by atoms with Crippen LogP contribution in [0.5, 0.6) is 0 Å². The van der Waals surface area contributed by atoms with Crippen LogP contribution in [0.25, 0.3) is 0 Å². The van der Waals surface area contributed by atoms with Crippen molar-refractivity contribution in [3.8, 4) is 0 Å². The van der Waals surface area contributed by atoms with Gasteiger partial charge in [0.15, 0.2) is 0 Å². The second kappa shape index (κ2) is 2.88. The van der Waals surface area contributed by atoms with Crippen molar-refractivity contribution in [3.63, 3.8) is 0 Å². The average molecular weight is 151 g/mol. The predicted molar refractivity (Wildman–Crippen MR) is 41.9 cm³/mol. The van der Waals surface area contributed by atoms with Crippen molar-refractivity contribution in [2.24, 2.45) is 0 Å². The second-order valence-electron chi connectivity index (χ2n) is 2.65. The van der Waals surface area contributed by atoms with E-state index in [1.54, 1.807) is 0 Å². The zero-order valence-corrected chi connectivity index (χ0v) is 6.87. The Hall–Kier alpha value is 0.240. The van der Waals surface area contributed by atoms with Crippen molar-refractivity contribution < 1.29 is 4.39 Å². The van der Waals surface area contributed by atoms with Crippen molar-refractivity contribution in [1.29, 1.82) is 0 Å². The van der Waals surface area contributed by atoms with Gasteiger partial charge in [-0.25, -0.2) is 15.5 Å². The highest BCUT2D eigenvalue weighted by Crippen LogP contribution is 2.27. The van der Waals surface area contributed by atoms with Gasteiger partial charge in [0.2, 0.25) is 0 Å². The normalized spacial score (nSPS) is 31.0. The van der Waals surface area contributed by atoms with E-state index in [9.17, 15) is 4.39 Å². The van der Waals surface area contributed by atoms with Crippen LogP contribution in [0.1, 0.15) is 6.42 Å². The van der Waals surface area contributed by atoms with Gasteiger partial charge >= 0.3 is 0 Å². The molecule has 1 rings (SSSR count). The molecule has 56 valence electrons. The molecule has 0 aliphatic carbocycles. The molecule has 0 saturated carbocycles. The lowest BCUT2D eigenvalue weighted by atomic mass is 10.4. The van der Waals surface area contributed by atoms with Crippen molar-refractivity contribution in [1.82, 2.24) is 4.31 Å². The summed E-state index contributed by atoms with van der Waals surface area (Å²) >= 11 is -0.0349. The summed E-state index contributed by atoms with van der Waals surface area (Å²) in [7, 11) is 0. The summed E-state index contributed by atoms with van der Waals surface area (Å²) in [5, 5.41) is 0. The Bertz CT molecular complexity index is 97.1. The molecule has 0 unspecified atom stereocenters. The number of thiol groups is 1. The van der Waals surface area contributed by atoms with Gasteiger partial charge in [0, 0.05) is 13.1 Å². The molecule has 1 aliphatic rings. The molecular weight excluding hydrogens is 137 g/mol. The summed E-state index contributed by atoms with van der Waals surface area (Å²) in [5.74, 6) is 0. The van der Waals surface area contributed by atoms with Crippen LogP contribution in [0.15, 0.2) is 0 Å². The van der Waals surface area contributed by atoms with Crippen LogP contribution >= 0.6 is 11.1 Å². The topological polar surface area (TPSA) is 3.24 Å². The van der Waals surface area contributed by atoms with E-state index < -0.39 is 6.17 Å². The maximum atomic E-state index is 12.5. The summed E-state index contributed by atoms with van der Waals surface area (Å²) in [5.41, 5.74) is 0. The molecule has 0 aromatic heterocycles. The molecule has 3 heteroatoms. The van der Waals surface area contributed by atoms with E-state index >= 15 is 0 Å². The quantitative estimate of drug-likeness (QED) is 0.551. The molecule has 0 amide bonds. The van der Waals surface area contributed by atoms with Gasteiger partial charge in [-0.05, 0) is 18.9 Å². The standard InChI is InChI=1S/C6H14FNS/c1-9(2)8-4-3-6(7)5-8/h6,9H,3-5H2,1-2H3/t6-/m0/s1. The van der Waals surface area contributed by atoms with Crippen LogP contribution in [-0.2, 0) is 0 Å². The van der Waals surface area contributed by atoms with Crippen molar-refractivity contribution in [3.05, 3.63) is 0 Å². The van der Waals surface area contributed by atoms with Crippen LogP contribution in [0, 0.1) is 0 Å². The zero-order chi connectivity index (χ0) is 6.85. The Morgan fingerprint density at radius 1 is 1.56 bits per heavy atom. The maximum absolute atomic E-state index is 12.5. The molecule has 1 saturated heterocycles. The molecule has 1 heterocycles. The van der Waals surface area contributed by atoms with Gasteiger partial charge in [0.25, 0.3) is 0 Å². The SMILES string of the molecule is C[SH](C)N1CC[C@H](F)C1. The number of rotatable bonds is 1. The molecule has 0 radical (unpaired) electrons. The van der Waals surface area contributed by atoms with E-state index in [4.69, 9.17) is 0 Å². The monoisotopic (exact) mass is 151 g/mol. The van der Waals surface area contributed by atoms with Crippen molar-refractivity contribution in [2.75, 3.05) is 25.6 Å². The molecule has 0 N–H and O–H groups in total. The Morgan fingerprint density at radius 2 is 2.22 bits per heavy atom. The number of alkyl halides is 1. The average Bonchev–Trinajstić information content (AvgIpc) is 2.14. The molecule has 0 aromatic rings. The first kappa shape index (κ1) is 7.35. The smallest absolute Gasteiger partial charge is 0.115 e. The van der Waals surface area contributed by atoms with E-state index in [-0.39, 0.29) is 11.1 Å². The summed E-state index contributed by atoms with van der Waals surface area (Å²) in [6, 6.07) is 0.